The summed E-state index contributed by atoms with van der Waals surface area (Å²) >= 11 is 17.1. The SMILES string of the molecule is CCCCOc1ccccc1NC(=S)NC(=O)CCCOc1ccc(Cl)cc1Cl. The summed E-state index contributed by atoms with van der Waals surface area (Å²) < 4.78 is 11.3. The van der Waals surface area contributed by atoms with E-state index in [0.29, 0.717) is 41.2 Å². The molecule has 0 fully saturated rings. The Morgan fingerprint density at radius 2 is 1.76 bits per heavy atom. The molecule has 0 saturated heterocycles. The third-order valence-electron chi connectivity index (χ3n) is 3.84. The second-order valence-corrected chi connectivity index (χ2v) is 7.48. The van der Waals surface area contributed by atoms with Gasteiger partial charge in [-0.25, -0.2) is 0 Å². The van der Waals surface area contributed by atoms with Crippen molar-refractivity contribution in [2.24, 2.45) is 0 Å². The maximum absolute atomic E-state index is 12.1. The number of rotatable bonds is 10. The fraction of sp³-hybridized carbons (Fsp3) is 0.333. The van der Waals surface area contributed by atoms with E-state index in [9.17, 15) is 4.79 Å². The summed E-state index contributed by atoms with van der Waals surface area (Å²) in [6.07, 6.45) is 2.81. The molecule has 2 N–H and O–H groups in total. The van der Waals surface area contributed by atoms with E-state index >= 15 is 0 Å². The largest absolute Gasteiger partial charge is 0.492 e. The van der Waals surface area contributed by atoms with Gasteiger partial charge >= 0.3 is 0 Å². The monoisotopic (exact) mass is 454 g/mol. The number of para-hydroxylation sites is 2. The van der Waals surface area contributed by atoms with Gasteiger partial charge in [0.15, 0.2) is 5.11 Å². The molecule has 1 amide bonds. The third kappa shape index (κ3) is 8.48. The van der Waals surface area contributed by atoms with E-state index in [0.717, 1.165) is 18.5 Å². The van der Waals surface area contributed by atoms with Crippen LogP contribution < -0.4 is 20.1 Å². The number of benzene rings is 2. The van der Waals surface area contributed by atoms with Crippen LogP contribution in [0.5, 0.6) is 11.5 Å². The number of amides is 1. The maximum atomic E-state index is 12.1. The van der Waals surface area contributed by atoms with Crippen LogP contribution >= 0.6 is 35.4 Å². The first-order chi connectivity index (χ1) is 14.0. The predicted octanol–water partition coefficient (Wildman–Crippen LogP) is 5.84. The number of carbonyl (C=O) groups is 1. The molecule has 0 saturated carbocycles. The van der Waals surface area contributed by atoms with Gasteiger partial charge in [0.2, 0.25) is 5.91 Å². The van der Waals surface area contributed by atoms with Crippen LogP contribution in [0.15, 0.2) is 42.5 Å². The van der Waals surface area contributed by atoms with E-state index in [2.05, 4.69) is 17.6 Å². The highest BCUT2D eigenvalue weighted by Gasteiger charge is 2.09. The Balaban J connectivity index is 1.73. The van der Waals surface area contributed by atoms with E-state index in [1.54, 1.807) is 18.2 Å². The van der Waals surface area contributed by atoms with Crippen LogP contribution in [0.3, 0.4) is 0 Å². The second-order valence-electron chi connectivity index (χ2n) is 6.23. The molecule has 0 aliphatic heterocycles. The minimum atomic E-state index is -0.197. The molecule has 0 spiro atoms. The van der Waals surface area contributed by atoms with Crippen LogP contribution in [0.4, 0.5) is 5.69 Å². The van der Waals surface area contributed by atoms with Gasteiger partial charge in [-0.15, -0.1) is 0 Å². The Bertz CT molecular complexity index is 833. The number of anilines is 1. The van der Waals surface area contributed by atoms with Gasteiger partial charge in [0.1, 0.15) is 11.5 Å². The van der Waals surface area contributed by atoms with Crippen molar-refractivity contribution in [2.45, 2.75) is 32.6 Å². The highest BCUT2D eigenvalue weighted by molar-refractivity contribution is 7.80. The summed E-state index contributed by atoms with van der Waals surface area (Å²) in [5.41, 5.74) is 0.717. The van der Waals surface area contributed by atoms with Gasteiger partial charge in [-0.05, 0) is 55.4 Å². The average Bonchev–Trinajstić information content (AvgIpc) is 2.68. The molecule has 0 bridgehead atoms. The van der Waals surface area contributed by atoms with E-state index in [4.69, 9.17) is 44.9 Å². The number of hydrogen-bond donors (Lipinski definition) is 2. The molecule has 0 aliphatic rings. The van der Waals surface area contributed by atoms with Crippen molar-refractivity contribution >= 4 is 52.1 Å². The maximum Gasteiger partial charge on any atom is 0.226 e. The fourth-order valence-corrected chi connectivity index (χ4v) is 3.06. The van der Waals surface area contributed by atoms with Gasteiger partial charge in [-0.2, -0.15) is 0 Å². The molecule has 29 heavy (non-hydrogen) atoms. The number of thiocarbonyl (C=S) groups is 1. The summed E-state index contributed by atoms with van der Waals surface area (Å²) in [5, 5.41) is 6.88. The minimum absolute atomic E-state index is 0.197. The van der Waals surface area contributed by atoms with E-state index in [-0.39, 0.29) is 17.4 Å². The zero-order valence-electron chi connectivity index (χ0n) is 16.2. The van der Waals surface area contributed by atoms with Crippen molar-refractivity contribution < 1.29 is 14.3 Å². The van der Waals surface area contributed by atoms with E-state index in [1.165, 1.54) is 0 Å². The van der Waals surface area contributed by atoms with Crippen LogP contribution in [0, 0.1) is 0 Å². The van der Waals surface area contributed by atoms with Gasteiger partial charge < -0.3 is 20.1 Å². The normalized spacial score (nSPS) is 10.3. The summed E-state index contributed by atoms with van der Waals surface area (Å²) in [5.74, 6) is 1.04. The molecule has 2 aromatic carbocycles. The van der Waals surface area contributed by atoms with Crippen molar-refractivity contribution in [3.63, 3.8) is 0 Å². The average molecular weight is 455 g/mol. The minimum Gasteiger partial charge on any atom is -0.492 e. The Morgan fingerprint density at radius 1 is 1.03 bits per heavy atom. The van der Waals surface area contributed by atoms with E-state index < -0.39 is 0 Å². The zero-order valence-corrected chi connectivity index (χ0v) is 18.5. The highest BCUT2D eigenvalue weighted by atomic mass is 35.5. The number of halogens is 2. The molecule has 8 heteroatoms. The molecule has 0 radical (unpaired) electrons. The molecule has 0 heterocycles. The first-order valence-electron chi connectivity index (χ1n) is 9.40. The zero-order chi connectivity index (χ0) is 21.1. The van der Waals surface area contributed by atoms with Crippen LogP contribution in [-0.2, 0) is 4.79 Å². The van der Waals surface area contributed by atoms with Crippen molar-refractivity contribution in [3.8, 4) is 11.5 Å². The third-order valence-corrected chi connectivity index (χ3v) is 4.58. The van der Waals surface area contributed by atoms with Crippen LogP contribution in [-0.4, -0.2) is 24.2 Å². The quantitative estimate of drug-likeness (QED) is 0.348. The molecular weight excluding hydrogens is 431 g/mol. The van der Waals surface area contributed by atoms with Gasteiger partial charge in [0, 0.05) is 11.4 Å². The second kappa shape index (κ2) is 12.5. The lowest BCUT2D eigenvalue weighted by Gasteiger charge is -2.14. The standard InChI is InChI=1S/C21H24Cl2N2O3S/c1-2-3-12-28-19-8-5-4-7-17(19)24-21(29)25-20(26)9-6-13-27-18-11-10-15(22)14-16(18)23/h4-5,7-8,10-11,14H,2-3,6,9,12-13H2,1H3,(H2,24,25,26,29). The lowest BCUT2D eigenvalue weighted by Crippen LogP contribution is -2.34. The number of carbonyl (C=O) groups excluding carboxylic acids is 1. The summed E-state index contributed by atoms with van der Waals surface area (Å²) in [6, 6.07) is 12.5. The Hall–Kier alpha value is -2.02. The Morgan fingerprint density at radius 3 is 2.52 bits per heavy atom. The molecular formula is C21H24Cl2N2O3S. The van der Waals surface area contributed by atoms with Gasteiger partial charge in [0.05, 0.1) is 23.9 Å². The molecule has 2 aromatic rings. The number of nitrogens with one attached hydrogen (secondary N) is 2. The predicted molar refractivity (Wildman–Crippen MR) is 122 cm³/mol. The van der Waals surface area contributed by atoms with Crippen molar-refractivity contribution in [2.75, 3.05) is 18.5 Å². The first-order valence-corrected chi connectivity index (χ1v) is 10.6. The summed E-state index contributed by atoms with van der Waals surface area (Å²) in [6.45, 7) is 3.09. The first kappa shape index (κ1) is 23.3. The number of hydrogen-bond acceptors (Lipinski definition) is 4. The van der Waals surface area contributed by atoms with Crippen molar-refractivity contribution in [1.29, 1.82) is 0 Å². The van der Waals surface area contributed by atoms with Gasteiger partial charge in [-0.1, -0.05) is 48.7 Å². The highest BCUT2D eigenvalue weighted by Crippen LogP contribution is 2.27. The summed E-state index contributed by atoms with van der Waals surface area (Å²) in [4.78, 5) is 12.1. The molecule has 0 unspecified atom stereocenters. The molecule has 156 valence electrons. The molecule has 0 aliphatic carbocycles. The van der Waals surface area contributed by atoms with E-state index in [1.807, 2.05) is 24.3 Å². The molecule has 0 atom stereocenters. The van der Waals surface area contributed by atoms with Gasteiger partial charge in [0.25, 0.3) is 0 Å². The Labute approximate surface area is 186 Å². The number of ether oxygens (including phenoxy) is 2. The molecule has 5 nitrogen and oxygen atoms in total. The lowest BCUT2D eigenvalue weighted by atomic mass is 10.3. The Kier molecular flexibility index (Phi) is 10.0. The molecule has 2 rings (SSSR count). The smallest absolute Gasteiger partial charge is 0.226 e. The fourth-order valence-electron chi connectivity index (χ4n) is 2.37. The van der Waals surface area contributed by atoms with Crippen molar-refractivity contribution in [1.82, 2.24) is 5.32 Å². The van der Waals surface area contributed by atoms with Crippen LogP contribution in [0.1, 0.15) is 32.6 Å². The number of unbranched alkanes of at least 4 members (excludes halogenated alkanes) is 1. The van der Waals surface area contributed by atoms with Crippen LogP contribution in [0.2, 0.25) is 10.0 Å². The summed E-state index contributed by atoms with van der Waals surface area (Å²) in [7, 11) is 0. The lowest BCUT2D eigenvalue weighted by molar-refractivity contribution is -0.119. The topological polar surface area (TPSA) is 59.6 Å². The van der Waals surface area contributed by atoms with Crippen LogP contribution in [0.25, 0.3) is 0 Å². The van der Waals surface area contributed by atoms with Crippen molar-refractivity contribution in [3.05, 3.63) is 52.5 Å². The van der Waals surface area contributed by atoms with Gasteiger partial charge in [-0.3, -0.25) is 4.79 Å². The molecule has 0 aromatic heterocycles.